The van der Waals surface area contributed by atoms with Crippen molar-refractivity contribution in [2.24, 2.45) is 17.2 Å². The molecular weight excluding hydrogens is 138 g/mol. The first-order chi connectivity index (χ1) is 5.31. The van der Waals surface area contributed by atoms with E-state index in [0.29, 0.717) is 6.54 Å². The number of rotatable bonds is 6. The van der Waals surface area contributed by atoms with Crippen LogP contribution in [0.4, 0.5) is 0 Å². The summed E-state index contributed by atoms with van der Waals surface area (Å²) in [6, 6.07) is 0. The summed E-state index contributed by atoms with van der Waals surface area (Å²) in [5, 5.41) is 0. The van der Waals surface area contributed by atoms with Gasteiger partial charge in [0.05, 0.1) is 0 Å². The molecule has 0 atom stereocenters. The molecule has 0 fully saturated rings. The standard InChI is InChI=1S/C8H19N3/c9-6-2-1-4-8(11)5-3-7-10/h4H,1-3,5-7,9-11H2/b8-4-. The van der Waals surface area contributed by atoms with Crippen molar-refractivity contribution in [2.45, 2.75) is 25.7 Å². The topological polar surface area (TPSA) is 78.1 Å². The van der Waals surface area contributed by atoms with Gasteiger partial charge in [0, 0.05) is 5.70 Å². The fraction of sp³-hybridized carbons (Fsp3) is 0.750. The first kappa shape index (κ1) is 10.5. The lowest BCUT2D eigenvalue weighted by molar-refractivity contribution is 0.795. The van der Waals surface area contributed by atoms with E-state index in [9.17, 15) is 0 Å². The van der Waals surface area contributed by atoms with Gasteiger partial charge in [0.2, 0.25) is 0 Å². The maximum absolute atomic E-state index is 5.67. The first-order valence-corrected chi connectivity index (χ1v) is 4.16. The summed E-state index contributed by atoms with van der Waals surface area (Å²) < 4.78 is 0. The molecule has 0 spiro atoms. The zero-order chi connectivity index (χ0) is 8.53. The van der Waals surface area contributed by atoms with Crippen molar-refractivity contribution in [1.29, 1.82) is 0 Å². The summed E-state index contributed by atoms with van der Waals surface area (Å²) in [5.41, 5.74) is 17.3. The minimum Gasteiger partial charge on any atom is -0.402 e. The minimum absolute atomic E-state index is 0.714. The van der Waals surface area contributed by atoms with Gasteiger partial charge in [0.25, 0.3) is 0 Å². The van der Waals surface area contributed by atoms with Gasteiger partial charge >= 0.3 is 0 Å². The monoisotopic (exact) mass is 157 g/mol. The van der Waals surface area contributed by atoms with Crippen molar-refractivity contribution in [2.75, 3.05) is 13.1 Å². The van der Waals surface area contributed by atoms with E-state index in [4.69, 9.17) is 17.2 Å². The molecule has 0 rings (SSSR count). The average molecular weight is 157 g/mol. The average Bonchev–Trinajstić information content (AvgIpc) is 2.01. The molecule has 0 aromatic rings. The predicted octanol–water partition coefficient (Wildman–Crippen LogP) is 0.307. The van der Waals surface area contributed by atoms with Gasteiger partial charge in [0.1, 0.15) is 0 Å². The summed E-state index contributed by atoms with van der Waals surface area (Å²) in [5.74, 6) is 0. The molecule has 0 saturated heterocycles. The van der Waals surface area contributed by atoms with Gasteiger partial charge < -0.3 is 17.2 Å². The van der Waals surface area contributed by atoms with Crippen LogP contribution in [0.2, 0.25) is 0 Å². The van der Waals surface area contributed by atoms with Gasteiger partial charge in [-0.3, -0.25) is 0 Å². The highest BCUT2D eigenvalue weighted by molar-refractivity contribution is 4.95. The Kier molecular flexibility index (Phi) is 7.19. The molecule has 0 aliphatic heterocycles. The molecule has 0 heterocycles. The van der Waals surface area contributed by atoms with Crippen LogP contribution >= 0.6 is 0 Å². The van der Waals surface area contributed by atoms with Crippen LogP contribution in [0.1, 0.15) is 25.7 Å². The molecule has 6 N–H and O–H groups in total. The molecule has 66 valence electrons. The molecule has 0 aliphatic carbocycles. The van der Waals surface area contributed by atoms with Crippen LogP contribution in [0.25, 0.3) is 0 Å². The van der Waals surface area contributed by atoms with Gasteiger partial charge in [0.15, 0.2) is 0 Å². The van der Waals surface area contributed by atoms with Crippen LogP contribution in [-0.4, -0.2) is 13.1 Å². The summed E-state index contributed by atoms with van der Waals surface area (Å²) in [7, 11) is 0. The van der Waals surface area contributed by atoms with Gasteiger partial charge in [-0.15, -0.1) is 0 Å². The zero-order valence-corrected chi connectivity index (χ0v) is 7.05. The SMILES string of the molecule is NCCC/C=C(\N)CCCN. The molecule has 3 nitrogen and oxygen atoms in total. The summed E-state index contributed by atoms with van der Waals surface area (Å²) >= 11 is 0. The third-order valence-electron chi connectivity index (χ3n) is 1.48. The van der Waals surface area contributed by atoms with Crippen LogP contribution in [0.3, 0.4) is 0 Å². The van der Waals surface area contributed by atoms with Crippen molar-refractivity contribution in [3.8, 4) is 0 Å². The molecule has 0 aliphatic rings. The van der Waals surface area contributed by atoms with Crippen molar-refractivity contribution in [3.05, 3.63) is 11.8 Å². The fourth-order valence-corrected chi connectivity index (χ4v) is 0.814. The van der Waals surface area contributed by atoms with Gasteiger partial charge in [-0.05, 0) is 38.8 Å². The molecule has 0 radical (unpaired) electrons. The lowest BCUT2D eigenvalue weighted by atomic mass is 10.2. The molecule has 0 saturated carbocycles. The normalized spacial score (nSPS) is 12.0. The second-order valence-electron chi connectivity index (χ2n) is 2.60. The second kappa shape index (κ2) is 7.57. The molecule has 0 aromatic carbocycles. The van der Waals surface area contributed by atoms with Crippen LogP contribution in [0, 0.1) is 0 Å². The van der Waals surface area contributed by atoms with E-state index in [1.165, 1.54) is 0 Å². The second-order valence-corrected chi connectivity index (χ2v) is 2.60. The molecule has 0 bridgehead atoms. The molecule has 0 unspecified atom stereocenters. The Morgan fingerprint density at radius 1 is 1.09 bits per heavy atom. The van der Waals surface area contributed by atoms with Crippen LogP contribution < -0.4 is 17.2 Å². The number of hydrogen-bond donors (Lipinski definition) is 3. The quantitative estimate of drug-likeness (QED) is 0.485. The largest absolute Gasteiger partial charge is 0.402 e. The Balaban J connectivity index is 3.30. The zero-order valence-electron chi connectivity index (χ0n) is 7.05. The lowest BCUT2D eigenvalue weighted by Crippen LogP contribution is -2.04. The van der Waals surface area contributed by atoms with Crippen LogP contribution in [-0.2, 0) is 0 Å². The van der Waals surface area contributed by atoms with Gasteiger partial charge in [-0.2, -0.15) is 0 Å². The van der Waals surface area contributed by atoms with E-state index < -0.39 is 0 Å². The van der Waals surface area contributed by atoms with Crippen molar-refractivity contribution < 1.29 is 0 Å². The Labute approximate surface area is 68.6 Å². The Morgan fingerprint density at radius 3 is 2.27 bits per heavy atom. The van der Waals surface area contributed by atoms with Gasteiger partial charge in [-0.25, -0.2) is 0 Å². The van der Waals surface area contributed by atoms with E-state index in [2.05, 4.69) is 0 Å². The smallest absolute Gasteiger partial charge is 0.00404 e. The van der Waals surface area contributed by atoms with E-state index >= 15 is 0 Å². The fourth-order valence-electron chi connectivity index (χ4n) is 0.814. The summed E-state index contributed by atoms with van der Waals surface area (Å²) in [4.78, 5) is 0. The van der Waals surface area contributed by atoms with Gasteiger partial charge in [-0.1, -0.05) is 6.08 Å². The summed E-state index contributed by atoms with van der Waals surface area (Å²) in [6.07, 6.45) is 5.95. The van der Waals surface area contributed by atoms with Crippen LogP contribution in [0.5, 0.6) is 0 Å². The first-order valence-electron chi connectivity index (χ1n) is 4.16. The third-order valence-corrected chi connectivity index (χ3v) is 1.48. The number of unbranched alkanes of at least 4 members (excludes halogenated alkanes) is 1. The maximum Gasteiger partial charge on any atom is 0.00404 e. The number of nitrogens with two attached hydrogens (primary N) is 3. The number of allylic oxidation sites excluding steroid dienone is 2. The third kappa shape index (κ3) is 7.36. The van der Waals surface area contributed by atoms with Crippen molar-refractivity contribution >= 4 is 0 Å². The highest BCUT2D eigenvalue weighted by Crippen LogP contribution is 1.99. The molecule has 3 heteroatoms. The summed E-state index contributed by atoms with van der Waals surface area (Å²) in [6.45, 7) is 1.45. The molecule has 0 amide bonds. The Morgan fingerprint density at radius 2 is 1.73 bits per heavy atom. The molecule has 11 heavy (non-hydrogen) atoms. The highest BCUT2D eigenvalue weighted by Gasteiger charge is 1.88. The molecule has 0 aromatic heterocycles. The Hall–Kier alpha value is -0.540. The van der Waals surface area contributed by atoms with E-state index in [1.54, 1.807) is 0 Å². The predicted molar refractivity (Wildman–Crippen MR) is 48.8 cm³/mol. The maximum atomic E-state index is 5.67. The molecular formula is C8H19N3. The van der Waals surface area contributed by atoms with E-state index in [-0.39, 0.29) is 0 Å². The van der Waals surface area contributed by atoms with Crippen molar-refractivity contribution in [3.63, 3.8) is 0 Å². The van der Waals surface area contributed by atoms with E-state index in [1.807, 2.05) is 6.08 Å². The van der Waals surface area contributed by atoms with Crippen molar-refractivity contribution in [1.82, 2.24) is 0 Å². The van der Waals surface area contributed by atoms with E-state index in [0.717, 1.165) is 37.9 Å². The Bertz CT molecular complexity index is 110. The highest BCUT2D eigenvalue weighted by atomic mass is 14.6. The minimum atomic E-state index is 0.714. The van der Waals surface area contributed by atoms with Crippen LogP contribution in [0.15, 0.2) is 11.8 Å². The number of hydrogen-bond acceptors (Lipinski definition) is 3. The lowest BCUT2D eigenvalue weighted by Gasteiger charge is -1.98.